The molecule has 160 valence electrons. The summed E-state index contributed by atoms with van der Waals surface area (Å²) in [6.45, 7) is 9.42. The minimum atomic E-state index is -0.765. The third kappa shape index (κ3) is 5.48. The van der Waals surface area contributed by atoms with Crippen LogP contribution >= 0.6 is 0 Å². The van der Waals surface area contributed by atoms with Gasteiger partial charge in [0.1, 0.15) is 0 Å². The van der Waals surface area contributed by atoms with Gasteiger partial charge in [-0.25, -0.2) is 4.79 Å². The van der Waals surface area contributed by atoms with E-state index in [1.807, 2.05) is 36.9 Å². The topological polar surface area (TPSA) is 76.1 Å². The van der Waals surface area contributed by atoms with Crippen LogP contribution in [0.1, 0.15) is 30.4 Å². The molecule has 1 aromatic rings. The van der Waals surface area contributed by atoms with Gasteiger partial charge < -0.3 is 20.2 Å². The van der Waals surface area contributed by atoms with Crippen LogP contribution in [0.2, 0.25) is 0 Å². The molecule has 2 aliphatic rings. The maximum absolute atomic E-state index is 13.0. The normalized spacial score (nSPS) is 23.8. The van der Waals surface area contributed by atoms with Crippen LogP contribution in [0.5, 0.6) is 0 Å². The number of likely N-dealkylation sites (tertiary alicyclic amines) is 1. The molecule has 7 heteroatoms. The average molecular weight is 403 g/mol. The highest BCUT2D eigenvalue weighted by atomic mass is 16.4. The minimum absolute atomic E-state index is 0.0837. The largest absolute Gasteiger partial charge is 0.481 e. The summed E-state index contributed by atoms with van der Waals surface area (Å²) in [6, 6.07) is 6.26. The third-order valence-electron chi connectivity index (χ3n) is 6.43. The Morgan fingerprint density at radius 1 is 1.10 bits per heavy atom. The molecule has 29 heavy (non-hydrogen) atoms. The fraction of sp³-hybridized carbons (Fsp3) is 0.636. The van der Waals surface area contributed by atoms with Crippen LogP contribution in [-0.4, -0.2) is 84.2 Å². The van der Waals surface area contributed by atoms with Crippen molar-refractivity contribution in [3.63, 3.8) is 0 Å². The van der Waals surface area contributed by atoms with Crippen LogP contribution in [0, 0.1) is 19.8 Å². The van der Waals surface area contributed by atoms with Crippen LogP contribution < -0.4 is 5.32 Å². The van der Waals surface area contributed by atoms with Gasteiger partial charge in [-0.15, -0.1) is 0 Å². The van der Waals surface area contributed by atoms with E-state index in [0.29, 0.717) is 25.6 Å². The molecule has 1 aromatic carbocycles. The van der Waals surface area contributed by atoms with Crippen LogP contribution in [-0.2, 0) is 4.79 Å². The predicted molar refractivity (Wildman–Crippen MR) is 114 cm³/mol. The number of carboxylic acid groups (broad SMARTS) is 1. The summed E-state index contributed by atoms with van der Waals surface area (Å²) in [5.41, 5.74) is 2.97. The first-order chi connectivity index (χ1) is 13.8. The van der Waals surface area contributed by atoms with E-state index in [1.165, 1.54) is 0 Å². The Balaban J connectivity index is 1.67. The molecule has 2 fully saturated rings. The molecule has 2 amide bonds. The zero-order chi connectivity index (χ0) is 21.0. The number of rotatable bonds is 5. The Bertz CT molecular complexity index is 711. The number of benzene rings is 1. The summed E-state index contributed by atoms with van der Waals surface area (Å²) < 4.78 is 0. The van der Waals surface area contributed by atoms with E-state index in [1.54, 1.807) is 0 Å². The van der Waals surface area contributed by atoms with Crippen molar-refractivity contribution >= 4 is 17.7 Å². The van der Waals surface area contributed by atoms with E-state index in [0.717, 1.165) is 49.4 Å². The third-order valence-corrected chi connectivity index (χ3v) is 6.43. The summed E-state index contributed by atoms with van der Waals surface area (Å²) >= 11 is 0. The second-order valence-corrected chi connectivity index (χ2v) is 8.53. The first-order valence-corrected chi connectivity index (χ1v) is 10.6. The molecule has 0 spiro atoms. The van der Waals surface area contributed by atoms with Gasteiger partial charge in [-0.05, 0) is 50.8 Å². The number of hydrogen-bond acceptors (Lipinski definition) is 4. The molecule has 0 aliphatic carbocycles. The highest BCUT2D eigenvalue weighted by molar-refractivity contribution is 5.91. The first-order valence-electron chi connectivity index (χ1n) is 10.6. The lowest BCUT2D eigenvalue weighted by molar-refractivity contribution is -0.137. The number of anilines is 1. The van der Waals surface area contributed by atoms with Crippen molar-refractivity contribution in [1.82, 2.24) is 14.7 Å². The SMILES string of the molecule is Cc1cccc(C)c1NC(=O)N1CC[C@@H](N2CCN(C)CC2)[C@@H](CCC(=O)O)C1. The molecule has 3 rings (SSSR count). The van der Waals surface area contributed by atoms with Crippen molar-refractivity contribution in [2.45, 2.75) is 39.2 Å². The standard InChI is InChI=1S/C22H34N4O3/c1-16-5-4-6-17(2)21(16)23-22(29)26-10-9-19(18(15-26)7-8-20(27)28)25-13-11-24(3)12-14-25/h4-6,18-19H,7-15H2,1-3H3,(H,23,29)(H,27,28)/t18-,19+/m0/s1. The lowest BCUT2D eigenvalue weighted by Gasteiger charge is -2.46. The Morgan fingerprint density at radius 2 is 1.76 bits per heavy atom. The minimum Gasteiger partial charge on any atom is -0.481 e. The molecule has 0 aromatic heterocycles. The molecular weight excluding hydrogens is 368 g/mol. The monoisotopic (exact) mass is 402 g/mol. The van der Waals surface area contributed by atoms with E-state index in [4.69, 9.17) is 0 Å². The number of aryl methyl sites for hydroxylation is 2. The summed E-state index contributed by atoms with van der Waals surface area (Å²) in [5.74, 6) is -0.578. The van der Waals surface area contributed by atoms with Crippen molar-refractivity contribution in [3.8, 4) is 0 Å². The van der Waals surface area contributed by atoms with E-state index < -0.39 is 5.97 Å². The molecule has 2 atom stereocenters. The van der Waals surface area contributed by atoms with Gasteiger partial charge in [0.2, 0.25) is 0 Å². The first kappa shape index (κ1) is 21.6. The number of aliphatic carboxylic acids is 1. The van der Waals surface area contributed by atoms with Crippen molar-refractivity contribution < 1.29 is 14.7 Å². The van der Waals surface area contributed by atoms with E-state index in [2.05, 4.69) is 22.2 Å². The number of carbonyl (C=O) groups is 2. The number of piperazine rings is 1. The average Bonchev–Trinajstić information content (AvgIpc) is 2.69. The highest BCUT2D eigenvalue weighted by Gasteiger charge is 2.36. The van der Waals surface area contributed by atoms with E-state index >= 15 is 0 Å². The maximum atomic E-state index is 13.0. The van der Waals surface area contributed by atoms with Crippen LogP contribution in [0.3, 0.4) is 0 Å². The maximum Gasteiger partial charge on any atom is 0.321 e. The predicted octanol–water partition coefficient (Wildman–Crippen LogP) is 2.64. The van der Waals surface area contributed by atoms with Gasteiger partial charge in [0.15, 0.2) is 0 Å². The van der Waals surface area contributed by atoms with Gasteiger partial charge in [0.25, 0.3) is 0 Å². The Kier molecular flexibility index (Phi) is 7.14. The number of likely N-dealkylation sites (N-methyl/N-ethyl adjacent to an activating group) is 1. The molecule has 2 saturated heterocycles. The number of piperidine rings is 1. The number of carbonyl (C=O) groups excluding carboxylic acids is 1. The van der Waals surface area contributed by atoms with E-state index in [9.17, 15) is 14.7 Å². The lowest BCUT2D eigenvalue weighted by Crippen LogP contribution is -2.57. The molecule has 0 saturated carbocycles. The van der Waals surface area contributed by atoms with Gasteiger partial charge in [-0.3, -0.25) is 9.69 Å². The number of nitrogens with zero attached hydrogens (tertiary/aromatic N) is 3. The number of amides is 2. The smallest absolute Gasteiger partial charge is 0.321 e. The Hall–Kier alpha value is -2.12. The van der Waals surface area contributed by atoms with Gasteiger partial charge in [0.05, 0.1) is 0 Å². The fourth-order valence-electron chi connectivity index (χ4n) is 4.63. The quantitative estimate of drug-likeness (QED) is 0.792. The Morgan fingerprint density at radius 3 is 2.38 bits per heavy atom. The second kappa shape index (κ2) is 9.59. The number of hydrogen-bond donors (Lipinski definition) is 2. The molecular formula is C22H34N4O3. The molecule has 7 nitrogen and oxygen atoms in total. The zero-order valence-corrected chi connectivity index (χ0v) is 17.9. The van der Waals surface area contributed by atoms with Crippen LogP contribution in [0.15, 0.2) is 18.2 Å². The number of carboxylic acids is 1. The van der Waals surface area contributed by atoms with Crippen molar-refractivity contribution in [1.29, 1.82) is 0 Å². The highest BCUT2D eigenvalue weighted by Crippen LogP contribution is 2.28. The number of nitrogens with one attached hydrogen (secondary N) is 1. The molecule has 0 unspecified atom stereocenters. The summed E-state index contributed by atoms with van der Waals surface area (Å²) in [4.78, 5) is 30.8. The molecule has 0 bridgehead atoms. The summed E-state index contributed by atoms with van der Waals surface area (Å²) in [7, 11) is 2.14. The van der Waals surface area contributed by atoms with Gasteiger partial charge in [-0.2, -0.15) is 0 Å². The Labute approximate surface area is 173 Å². The number of para-hydroxylation sites is 1. The zero-order valence-electron chi connectivity index (χ0n) is 17.9. The second-order valence-electron chi connectivity index (χ2n) is 8.53. The van der Waals surface area contributed by atoms with Crippen LogP contribution in [0.25, 0.3) is 0 Å². The van der Waals surface area contributed by atoms with Crippen molar-refractivity contribution in [2.24, 2.45) is 5.92 Å². The van der Waals surface area contributed by atoms with Crippen molar-refractivity contribution in [2.75, 3.05) is 51.6 Å². The molecule has 2 N–H and O–H groups in total. The van der Waals surface area contributed by atoms with Gasteiger partial charge >= 0.3 is 12.0 Å². The molecule has 0 radical (unpaired) electrons. The van der Waals surface area contributed by atoms with Gasteiger partial charge in [-0.1, -0.05) is 18.2 Å². The molecule has 2 heterocycles. The molecule has 2 aliphatic heterocycles. The van der Waals surface area contributed by atoms with Crippen LogP contribution in [0.4, 0.5) is 10.5 Å². The fourth-order valence-corrected chi connectivity index (χ4v) is 4.63. The summed E-state index contributed by atoms with van der Waals surface area (Å²) in [5, 5.41) is 12.3. The summed E-state index contributed by atoms with van der Waals surface area (Å²) in [6.07, 6.45) is 1.66. The van der Waals surface area contributed by atoms with Gasteiger partial charge in [0, 0.05) is 57.4 Å². The van der Waals surface area contributed by atoms with Crippen molar-refractivity contribution in [3.05, 3.63) is 29.3 Å². The number of urea groups is 1. The lowest BCUT2D eigenvalue weighted by atomic mass is 9.86. The van der Waals surface area contributed by atoms with E-state index in [-0.39, 0.29) is 18.4 Å².